The molecule has 0 N–H and O–H groups in total. The van der Waals surface area contributed by atoms with Crippen LogP contribution in [-0.4, -0.2) is 24.9 Å². The normalized spacial score (nSPS) is 11.6. The summed E-state index contributed by atoms with van der Waals surface area (Å²) in [6, 6.07) is 58.9. The van der Waals surface area contributed by atoms with E-state index in [1.165, 1.54) is 0 Å². The van der Waals surface area contributed by atoms with Crippen LogP contribution in [0.4, 0.5) is 0 Å². The van der Waals surface area contributed by atoms with Gasteiger partial charge in [-0.3, -0.25) is 0 Å². The molecule has 11 rings (SSSR count). The van der Waals surface area contributed by atoms with Crippen LogP contribution < -0.4 is 0 Å². The first kappa shape index (κ1) is 31.7. The van der Waals surface area contributed by atoms with Crippen molar-refractivity contribution < 1.29 is 8.83 Å². The molecule has 0 unspecified atom stereocenters. The van der Waals surface area contributed by atoms with Gasteiger partial charge >= 0.3 is 0 Å². The number of fused-ring (bicyclic) bond motifs is 6. The molecule has 0 spiro atoms. The molecule has 0 radical (unpaired) electrons. The van der Waals surface area contributed by atoms with Crippen molar-refractivity contribution in [3.05, 3.63) is 176 Å². The lowest BCUT2D eigenvalue weighted by atomic mass is 9.97. The van der Waals surface area contributed by atoms with E-state index < -0.39 is 0 Å². The first-order chi connectivity index (χ1) is 27.7. The summed E-state index contributed by atoms with van der Waals surface area (Å²) in [4.78, 5) is 24.9. The summed E-state index contributed by atoms with van der Waals surface area (Å²) in [5, 5.41) is 2.96. The van der Waals surface area contributed by atoms with Gasteiger partial charge in [0, 0.05) is 38.4 Å². The summed E-state index contributed by atoms with van der Waals surface area (Å²) in [6.07, 6.45) is 0. The van der Waals surface area contributed by atoms with Gasteiger partial charge in [-0.2, -0.15) is 0 Å². The smallest absolute Gasteiger partial charge is 0.180 e. The average Bonchev–Trinajstić information content (AvgIpc) is 3.86. The highest BCUT2D eigenvalue weighted by atomic mass is 16.3. The van der Waals surface area contributed by atoms with E-state index in [1.54, 1.807) is 0 Å². The average molecular weight is 720 g/mol. The van der Waals surface area contributed by atoms with Gasteiger partial charge in [0.1, 0.15) is 28.0 Å². The highest BCUT2D eigenvalue weighted by Gasteiger charge is 2.21. The van der Waals surface area contributed by atoms with Crippen LogP contribution in [0.2, 0.25) is 0 Å². The zero-order chi connectivity index (χ0) is 37.0. The highest BCUT2D eigenvalue weighted by molar-refractivity contribution is 6.15. The molecule has 262 valence electrons. The topological polar surface area (TPSA) is 90.7 Å². The number of para-hydroxylation sites is 2. The minimum Gasteiger partial charge on any atom is -0.455 e. The van der Waals surface area contributed by atoms with Crippen molar-refractivity contribution in [1.82, 2.24) is 24.9 Å². The predicted molar refractivity (Wildman–Crippen MR) is 223 cm³/mol. The Bertz CT molecular complexity index is 3170. The van der Waals surface area contributed by atoms with E-state index in [9.17, 15) is 0 Å². The third-order valence-electron chi connectivity index (χ3n) is 10.2. The molecule has 0 amide bonds. The Balaban J connectivity index is 1.04. The molecular weight excluding hydrogens is 691 g/mol. The Morgan fingerprint density at radius 1 is 0.304 bits per heavy atom. The van der Waals surface area contributed by atoms with Crippen molar-refractivity contribution in [3.8, 4) is 67.9 Å². The summed E-state index contributed by atoms with van der Waals surface area (Å²) in [6.45, 7) is 0. The summed E-state index contributed by atoms with van der Waals surface area (Å²) < 4.78 is 13.1. The summed E-state index contributed by atoms with van der Waals surface area (Å²) >= 11 is 0. The quantitative estimate of drug-likeness (QED) is 0.169. The van der Waals surface area contributed by atoms with Crippen molar-refractivity contribution in [2.24, 2.45) is 0 Å². The maximum atomic E-state index is 6.69. The molecule has 7 nitrogen and oxygen atoms in total. The van der Waals surface area contributed by atoms with Crippen LogP contribution in [0, 0.1) is 0 Å². The fourth-order valence-electron chi connectivity index (χ4n) is 7.50. The fourth-order valence-corrected chi connectivity index (χ4v) is 7.50. The number of benzene rings is 7. The van der Waals surface area contributed by atoms with Gasteiger partial charge in [0.2, 0.25) is 0 Å². The number of furan rings is 2. The van der Waals surface area contributed by atoms with E-state index in [2.05, 4.69) is 36.4 Å². The zero-order valence-corrected chi connectivity index (χ0v) is 29.8. The Morgan fingerprint density at radius 3 is 1.48 bits per heavy atom. The lowest BCUT2D eigenvalue weighted by Gasteiger charge is -2.09. The zero-order valence-electron chi connectivity index (χ0n) is 29.8. The highest BCUT2D eigenvalue weighted by Crippen LogP contribution is 2.41. The molecule has 4 aromatic heterocycles. The largest absolute Gasteiger partial charge is 0.455 e. The molecular formula is C49H29N5O2. The van der Waals surface area contributed by atoms with E-state index in [-0.39, 0.29) is 0 Å². The second kappa shape index (κ2) is 13.0. The SMILES string of the molecule is c1ccc(-c2nc(-c3ccccc3)nc(-c3cccc4c3oc3cccc(-c5ccc(-c6nc(-c7ccccc7)nc7c6oc6ccccc67)cc5)c34)n2)cc1. The molecule has 7 aromatic carbocycles. The lowest BCUT2D eigenvalue weighted by Crippen LogP contribution is -2.00. The molecule has 0 aliphatic heterocycles. The number of hydrogen-bond donors (Lipinski definition) is 0. The van der Waals surface area contributed by atoms with Crippen molar-refractivity contribution in [2.75, 3.05) is 0 Å². The molecule has 0 aliphatic rings. The maximum Gasteiger partial charge on any atom is 0.180 e. The van der Waals surface area contributed by atoms with Crippen molar-refractivity contribution >= 4 is 44.0 Å². The van der Waals surface area contributed by atoms with Gasteiger partial charge in [-0.1, -0.05) is 152 Å². The van der Waals surface area contributed by atoms with Gasteiger partial charge in [0.25, 0.3) is 0 Å². The lowest BCUT2D eigenvalue weighted by molar-refractivity contribution is 0.667. The predicted octanol–water partition coefficient (Wildman–Crippen LogP) is 12.5. The molecule has 0 aliphatic carbocycles. The Kier molecular flexibility index (Phi) is 7.35. The first-order valence-corrected chi connectivity index (χ1v) is 18.4. The molecule has 7 heteroatoms. The fraction of sp³-hybridized carbons (Fsp3) is 0. The molecule has 0 bridgehead atoms. The van der Waals surface area contributed by atoms with Crippen LogP contribution in [-0.2, 0) is 0 Å². The summed E-state index contributed by atoms with van der Waals surface area (Å²) in [5.41, 5.74) is 11.1. The second-order valence-electron chi connectivity index (χ2n) is 13.6. The van der Waals surface area contributed by atoms with E-state index in [1.807, 2.05) is 140 Å². The van der Waals surface area contributed by atoms with Gasteiger partial charge in [-0.05, 0) is 35.4 Å². The van der Waals surface area contributed by atoms with Crippen LogP contribution in [0.5, 0.6) is 0 Å². The molecule has 0 fully saturated rings. The molecule has 11 aromatic rings. The molecule has 0 saturated carbocycles. The van der Waals surface area contributed by atoms with E-state index >= 15 is 0 Å². The van der Waals surface area contributed by atoms with Crippen molar-refractivity contribution in [3.63, 3.8) is 0 Å². The van der Waals surface area contributed by atoms with Crippen LogP contribution in [0.3, 0.4) is 0 Å². The third kappa shape index (κ3) is 5.33. The standard InChI is InChI=1S/C49H29N5O2/c1-4-14-32(15-5-1)46-50-42(45-43(51-46)36-20-10-11-24-39(36)55-45)31-28-26-30(27-29-31)35-21-13-25-40-41(35)37-22-12-23-38(44(37)56-40)49-53-47(33-16-6-2-7-17-33)52-48(54-49)34-18-8-3-9-19-34/h1-29H. The van der Waals surface area contributed by atoms with Gasteiger partial charge in [-0.15, -0.1) is 0 Å². The Hall–Kier alpha value is -7.77. The third-order valence-corrected chi connectivity index (χ3v) is 10.2. The second-order valence-corrected chi connectivity index (χ2v) is 13.6. The number of aromatic nitrogens is 5. The maximum absolute atomic E-state index is 6.69. The summed E-state index contributed by atoms with van der Waals surface area (Å²) in [5.74, 6) is 2.40. The number of nitrogens with zero attached hydrogens (tertiary/aromatic N) is 5. The molecule has 4 heterocycles. The van der Waals surface area contributed by atoms with Gasteiger partial charge in [0.15, 0.2) is 28.9 Å². The monoisotopic (exact) mass is 719 g/mol. The van der Waals surface area contributed by atoms with E-state index in [0.717, 1.165) is 83.1 Å². The number of rotatable bonds is 6. The first-order valence-electron chi connectivity index (χ1n) is 18.4. The van der Waals surface area contributed by atoms with E-state index in [0.29, 0.717) is 28.9 Å². The van der Waals surface area contributed by atoms with Crippen LogP contribution in [0.1, 0.15) is 0 Å². The number of hydrogen-bond acceptors (Lipinski definition) is 7. The molecule has 0 atom stereocenters. The van der Waals surface area contributed by atoms with Crippen molar-refractivity contribution in [2.45, 2.75) is 0 Å². The van der Waals surface area contributed by atoms with Gasteiger partial charge in [0.05, 0.1) is 5.56 Å². The Morgan fingerprint density at radius 2 is 0.804 bits per heavy atom. The summed E-state index contributed by atoms with van der Waals surface area (Å²) in [7, 11) is 0. The van der Waals surface area contributed by atoms with Crippen LogP contribution in [0.15, 0.2) is 185 Å². The minimum atomic E-state index is 0.546. The Labute approximate surface area is 320 Å². The van der Waals surface area contributed by atoms with Crippen LogP contribution >= 0.6 is 0 Å². The molecule has 56 heavy (non-hydrogen) atoms. The van der Waals surface area contributed by atoms with Crippen molar-refractivity contribution in [1.29, 1.82) is 0 Å². The minimum absolute atomic E-state index is 0.546. The van der Waals surface area contributed by atoms with Gasteiger partial charge in [-0.25, -0.2) is 24.9 Å². The van der Waals surface area contributed by atoms with Gasteiger partial charge < -0.3 is 8.83 Å². The molecule has 0 saturated heterocycles. The van der Waals surface area contributed by atoms with Crippen LogP contribution in [0.25, 0.3) is 112 Å². The van der Waals surface area contributed by atoms with E-state index in [4.69, 9.17) is 33.8 Å².